The Morgan fingerprint density at radius 2 is 2.00 bits per heavy atom. The van der Waals surface area contributed by atoms with Gasteiger partial charge in [0.25, 0.3) is 0 Å². The van der Waals surface area contributed by atoms with E-state index < -0.39 is 5.92 Å². The Morgan fingerprint density at radius 1 is 1.17 bits per heavy atom. The quantitative estimate of drug-likeness (QED) is 0.838. The first kappa shape index (κ1) is 17.8. The lowest BCUT2D eigenvalue weighted by atomic mass is 10.0. The summed E-state index contributed by atoms with van der Waals surface area (Å²) in [7, 11) is 0. The van der Waals surface area contributed by atoms with Crippen LogP contribution in [0.3, 0.4) is 0 Å². The number of rotatable bonds is 4. The third-order valence-electron chi connectivity index (χ3n) is 5.81. The summed E-state index contributed by atoms with van der Waals surface area (Å²) in [5.74, 6) is -0.240. The molecule has 2 aromatic rings. The Labute approximate surface area is 167 Å². The number of benzene rings is 1. The van der Waals surface area contributed by atoms with Crippen molar-refractivity contribution >= 4 is 40.9 Å². The van der Waals surface area contributed by atoms with Crippen LogP contribution in [0.25, 0.3) is 10.9 Å². The smallest absolute Gasteiger partial charge is 0.329 e. The second kappa shape index (κ2) is 7.27. The topological polar surface area (TPSA) is 102 Å². The van der Waals surface area contributed by atoms with Crippen molar-refractivity contribution in [3.63, 3.8) is 0 Å². The molecule has 1 aromatic carbocycles. The molecule has 1 unspecified atom stereocenters. The lowest BCUT2D eigenvalue weighted by Gasteiger charge is -2.35. The molecule has 0 spiro atoms. The van der Waals surface area contributed by atoms with E-state index in [0.717, 1.165) is 37.6 Å². The summed E-state index contributed by atoms with van der Waals surface area (Å²) in [5, 5.41) is 3.96. The predicted molar refractivity (Wildman–Crippen MR) is 111 cm³/mol. The number of amides is 3. The number of nitrogens with zero attached hydrogens (tertiary/aromatic N) is 4. The van der Waals surface area contributed by atoms with E-state index in [1.807, 2.05) is 24.4 Å². The van der Waals surface area contributed by atoms with E-state index in [0.29, 0.717) is 18.3 Å². The Bertz CT molecular complexity index is 1060. The Hall–Kier alpha value is -3.29. The maximum absolute atomic E-state index is 12.8. The molecule has 1 saturated heterocycles. The van der Waals surface area contributed by atoms with Gasteiger partial charge in [-0.1, -0.05) is 31.0 Å². The molecule has 8 heteroatoms. The highest BCUT2D eigenvalue weighted by Gasteiger charge is 2.43. The number of imide groups is 1. The maximum atomic E-state index is 12.8. The van der Waals surface area contributed by atoms with Gasteiger partial charge in [0.05, 0.1) is 0 Å². The SMILES string of the molecule is O=C1NC2=NC(=NCCc3c[nH]c4ccccc34)N=CC2C(=O)N1C1CCCC1. The molecule has 2 N–H and O–H groups in total. The van der Waals surface area contributed by atoms with Crippen molar-refractivity contribution in [3.8, 4) is 0 Å². The van der Waals surface area contributed by atoms with Crippen LogP contribution in [0.4, 0.5) is 4.79 Å². The zero-order chi connectivity index (χ0) is 19.8. The molecule has 3 aliphatic rings. The second-order valence-corrected chi connectivity index (χ2v) is 7.62. The molecule has 1 aliphatic carbocycles. The van der Waals surface area contributed by atoms with Crippen molar-refractivity contribution in [2.75, 3.05) is 6.54 Å². The largest absolute Gasteiger partial charge is 0.361 e. The predicted octanol–water partition coefficient (Wildman–Crippen LogP) is 2.66. The van der Waals surface area contributed by atoms with Gasteiger partial charge in [-0.2, -0.15) is 4.99 Å². The molecule has 3 amide bonds. The molecule has 1 atom stereocenters. The number of H-pyrrole nitrogens is 1. The molecule has 3 heterocycles. The van der Waals surface area contributed by atoms with E-state index in [-0.39, 0.29) is 18.0 Å². The molecule has 2 fully saturated rings. The normalized spacial score (nSPS) is 23.6. The summed E-state index contributed by atoms with van der Waals surface area (Å²) in [6.45, 7) is 0.520. The monoisotopic (exact) mass is 390 g/mol. The molecule has 5 rings (SSSR count). The van der Waals surface area contributed by atoms with E-state index >= 15 is 0 Å². The van der Waals surface area contributed by atoms with Crippen molar-refractivity contribution in [1.82, 2.24) is 15.2 Å². The zero-order valence-corrected chi connectivity index (χ0v) is 16.0. The van der Waals surface area contributed by atoms with Crippen molar-refractivity contribution in [3.05, 3.63) is 36.0 Å². The van der Waals surface area contributed by atoms with Crippen LogP contribution in [0.1, 0.15) is 31.2 Å². The van der Waals surface area contributed by atoms with Gasteiger partial charge in [0.2, 0.25) is 11.9 Å². The van der Waals surface area contributed by atoms with Crippen molar-refractivity contribution in [2.24, 2.45) is 20.9 Å². The number of aromatic nitrogens is 1. The summed E-state index contributed by atoms with van der Waals surface area (Å²) in [4.78, 5) is 42.9. The summed E-state index contributed by atoms with van der Waals surface area (Å²) in [6.07, 6.45) is 8.14. The number of para-hydroxylation sites is 1. The molecule has 8 nitrogen and oxygen atoms in total. The Kier molecular flexibility index (Phi) is 4.46. The Balaban J connectivity index is 1.28. The first-order valence-corrected chi connectivity index (χ1v) is 10.1. The van der Waals surface area contributed by atoms with E-state index in [1.54, 1.807) is 6.21 Å². The van der Waals surface area contributed by atoms with Crippen molar-refractivity contribution in [1.29, 1.82) is 0 Å². The molecular weight excluding hydrogens is 368 g/mol. The minimum Gasteiger partial charge on any atom is -0.361 e. The van der Waals surface area contributed by atoms with Crippen LogP contribution in [-0.2, 0) is 11.2 Å². The fraction of sp³-hybridized carbons (Fsp3) is 0.381. The minimum atomic E-state index is -0.624. The van der Waals surface area contributed by atoms with Gasteiger partial charge < -0.3 is 4.98 Å². The van der Waals surface area contributed by atoms with Gasteiger partial charge in [-0.25, -0.2) is 14.8 Å². The molecule has 2 aliphatic heterocycles. The average Bonchev–Trinajstić information content (AvgIpc) is 3.38. The van der Waals surface area contributed by atoms with Gasteiger partial charge in [0.1, 0.15) is 11.8 Å². The minimum absolute atomic E-state index is 0.0105. The lowest BCUT2D eigenvalue weighted by molar-refractivity contribution is -0.130. The van der Waals surface area contributed by atoms with Crippen LogP contribution >= 0.6 is 0 Å². The van der Waals surface area contributed by atoms with Gasteiger partial charge in [0.15, 0.2) is 0 Å². The van der Waals surface area contributed by atoms with E-state index in [2.05, 4.69) is 31.3 Å². The number of hydrogen-bond acceptors (Lipinski definition) is 3. The number of carbonyl (C=O) groups excluding carboxylic acids is 2. The van der Waals surface area contributed by atoms with Gasteiger partial charge in [-0.15, -0.1) is 0 Å². The van der Waals surface area contributed by atoms with Crippen molar-refractivity contribution < 1.29 is 9.59 Å². The van der Waals surface area contributed by atoms with Gasteiger partial charge in [-0.3, -0.25) is 15.0 Å². The number of aliphatic imine (C=N–C) groups is 3. The fourth-order valence-corrected chi connectivity index (χ4v) is 4.32. The van der Waals surface area contributed by atoms with Crippen LogP contribution < -0.4 is 5.32 Å². The summed E-state index contributed by atoms with van der Waals surface area (Å²) in [5.41, 5.74) is 2.28. The van der Waals surface area contributed by atoms with E-state index in [9.17, 15) is 9.59 Å². The van der Waals surface area contributed by atoms with Gasteiger partial charge in [-0.05, 0) is 30.9 Å². The third kappa shape index (κ3) is 3.24. The second-order valence-electron chi connectivity index (χ2n) is 7.62. The van der Waals surface area contributed by atoms with Crippen LogP contribution in [0.5, 0.6) is 0 Å². The van der Waals surface area contributed by atoms with E-state index in [1.165, 1.54) is 15.8 Å². The number of hydrogen-bond donors (Lipinski definition) is 2. The summed E-state index contributed by atoms with van der Waals surface area (Å²) < 4.78 is 0. The number of aromatic amines is 1. The van der Waals surface area contributed by atoms with Crippen LogP contribution in [0.2, 0.25) is 0 Å². The molecule has 1 aromatic heterocycles. The Morgan fingerprint density at radius 3 is 2.86 bits per heavy atom. The van der Waals surface area contributed by atoms with Crippen LogP contribution in [-0.4, -0.2) is 52.4 Å². The highest BCUT2D eigenvalue weighted by Crippen LogP contribution is 2.27. The zero-order valence-electron chi connectivity index (χ0n) is 16.0. The van der Waals surface area contributed by atoms with Gasteiger partial charge >= 0.3 is 6.03 Å². The number of carbonyl (C=O) groups is 2. The molecule has 148 valence electrons. The van der Waals surface area contributed by atoms with Crippen LogP contribution in [0, 0.1) is 5.92 Å². The molecule has 1 saturated carbocycles. The average molecular weight is 390 g/mol. The third-order valence-corrected chi connectivity index (χ3v) is 5.81. The molecule has 29 heavy (non-hydrogen) atoms. The standard InChI is InChI=1S/C21H22N6O2/c28-19-16-12-24-20(22-10-9-13-11-23-17-8-4-3-7-15(13)17)25-18(16)26-21(29)27(19)14-5-1-2-6-14/h3-4,7-8,11-12,14,16,23H,1-2,5-6,9-10H2,(H,22,25,26,29). The number of urea groups is 1. The molecule has 0 radical (unpaired) electrons. The summed E-state index contributed by atoms with van der Waals surface area (Å²) in [6, 6.07) is 7.74. The summed E-state index contributed by atoms with van der Waals surface area (Å²) >= 11 is 0. The maximum Gasteiger partial charge on any atom is 0.329 e. The van der Waals surface area contributed by atoms with Crippen LogP contribution in [0.15, 0.2) is 45.4 Å². The number of amidine groups is 1. The fourth-order valence-electron chi connectivity index (χ4n) is 4.32. The van der Waals surface area contributed by atoms with E-state index in [4.69, 9.17) is 0 Å². The number of fused-ring (bicyclic) bond motifs is 2. The lowest BCUT2D eigenvalue weighted by Crippen LogP contribution is -2.61. The molecular formula is C21H22N6O2. The number of nitrogens with one attached hydrogen (secondary N) is 2. The first-order valence-electron chi connectivity index (χ1n) is 10.1. The number of guanidine groups is 1. The first-order chi connectivity index (χ1) is 14.2. The highest BCUT2D eigenvalue weighted by atomic mass is 16.2. The van der Waals surface area contributed by atoms with Gasteiger partial charge in [0, 0.05) is 35.9 Å². The highest BCUT2D eigenvalue weighted by molar-refractivity contribution is 6.29. The molecule has 0 bridgehead atoms. The van der Waals surface area contributed by atoms with Crippen molar-refractivity contribution in [2.45, 2.75) is 38.1 Å².